The molecule has 0 spiro atoms. The van der Waals surface area contributed by atoms with Gasteiger partial charge in [0, 0.05) is 25.6 Å². The van der Waals surface area contributed by atoms with Crippen molar-refractivity contribution in [3.8, 4) is 0 Å². The first-order valence-corrected chi connectivity index (χ1v) is 5.45. The van der Waals surface area contributed by atoms with Gasteiger partial charge in [-0.05, 0) is 0 Å². The van der Waals surface area contributed by atoms with E-state index in [-0.39, 0.29) is 18.5 Å². The van der Waals surface area contributed by atoms with Crippen molar-refractivity contribution in [1.82, 2.24) is 14.8 Å². The van der Waals surface area contributed by atoms with Crippen molar-refractivity contribution >= 4 is 17.7 Å². The van der Waals surface area contributed by atoms with Gasteiger partial charge < -0.3 is 4.74 Å². The van der Waals surface area contributed by atoms with E-state index >= 15 is 0 Å². The maximum absolute atomic E-state index is 11.1. The number of fused-ring (bicyclic) bond motifs is 1. The number of aromatic nitrogens is 2. The molecular weight excluding hydrogens is 238 g/mol. The summed E-state index contributed by atoms with van der Waals surface area (Å²) in [4.78, 5) is 21.8. The van der Waals surface area contributed by atoms with Gasteiger partial charge in [0.25, 0.3) is 0 Å². The summed E-state index contributed by atoms with van der Waals surface area (Å²) in [5.41, 5.74) is 0.822. The van der Waals surface area contributed by atoms with Gasteiger partial charge in [0.1, 0.15) is 6.61 Å². The van der Waals surface area contributed by atoms with Crippen LogP contribution in [0.5, 0.6) is 0 Å². The van der Waals surface area contributed by atoms with E-state index in [0.29, 0.717) is 18.9 Å². The SMILES string of the molecule is CC(=O)OCCn1cc2c(n1)N=NN(C(C)=O)C2. The quantitative estimate of drug-likeness (QED) is 0.743. The molecule has 1 aliphatic rings. The predicted octanol–water partition coefficient (Wildman–Crippen LogP) is 0.807. The lowest BCUT2D eigenvalue weighted by Crippen LogP contribution is -2.23. The molecule has 2 rings (SSSR count). The molecule has 8 nitrogen and oxygen atoms in total. The summed E-state index contributed by atoms with van der Waals surface area (Å²) in [5.74, 6) is 0.00162. The van der Waals surface area contributed by atoms with E-state index in [0.717, 1.165) is 5.56 Å². The number of rotatable bonds is 3. The highest BCUT2D eigenvalue weighted by Gasteiger charge is 2.19. The first kappa shape index (κ1) is 12.2. The van der Waals surface area contributed by atoms with Crippen molar-refractivity contribution < 1.29 is 14.3 Å². The molecule has 0 bridgehead atoms. The Labute approximate surface area is 103 Å². The maximum Gasteiger partial charge on any atom is 0.302 e. The van der Waals surface area contributed by atoms with Crippen LogP contribution in [0.4, 0.5) is 5.82 Å². The summed E-state index contributed by atoms with van der Waals surface area (Å²) in [7, 11) is 0. The molecule has 0 atom stereocenters. The van der Waals surface area contributed by atoms with E-state index in [1.807, 2.05) is 0 Å². The molecule has 1 aliphatic heterocycles. The van der Waals surface area contributed by atoms with Gasteiger partial charge in [0.2, 0.25) is 11.7 Å². The summed E-state index contributed by atoms with van der Waals surface area (Å²) >= 11 is 0. The first-order chi connectivity index (χ1) is 8.56. The van der Waals surface area contributed by atoms with Crippen molar-refractivity contribution in [2.45, 2.75) is 26.9 Å². The summed E-state index contributed by atoms with van der Waals surface area (Å²) in [6, 6.07) is 0. The molecule has 1 aromatic heterocycles. The Kier molecular flexibility index (Phi) is 3.35. The molecule has 0 saturated carbocycles. The molecule has 1 amide bonds. The number of carbonyl (C=O) groups is 2. The van der Waals surface area contributed by atoms with E-state index in [9.17, 15) is 9.59 Å². The Hall–Kier alpha value is -2.25. The number of amides is 1. The highest BCUT2D eigenvalue weighted by atomic mass is 16.5. The van der Waals surface area contributed by atoms with Crippen molar-refractivity contribution in [3.05, 3.63) is 11.8 Å². The second-order valence-electron chi connectivity index (χ2n) is 3.85. The fraction of sp³-hybridized carbons (Fsp3) is 0.500. The Bertz CT molecular complexity index is 508. The van der Waals surface area contributed by atoms with E-state index in [4.69, 9.17) is 4.74 Å². The topological polar surface area (TPSA) is 89.2 Å². The number of ether oxygens (including phenoxy) is 1. The summed E-state index contributed by atoms with van der Waals surface area (Å²) < 4.78 is 6.44. The smallest absolute Gasteiger partial charge is 0.302 e. The van der Waals surface area contributed by atoms with Crippen LogP contribution in [-0.4, -0.2) is 33.3 Å². The normalized spacial score (nSPS) is 13.3. The number of carbonyl (C=O) groups excluding carboxylic acids is 2. The van der Waals surface area contributed by atoms with Crippen molar-refractivity contribution in [1.29, 1.82) is 0 Å². The van der Waals surface area contributed by atoms with Gasteiger partial charge in [-0.2, -0.15) is 5.10 Å². The minimum Gasteiger partial charge on any atom is -0.464 e. The molecule has 18 heavy (non-hydrogen) atoms. The second-order valence-corrected chi connectivity index (χ2v) is 3.85. The molecule has 0 N–H and O–H groups in total. The van der Waals surface area contributed by atoms with Crippen LogP contribution in [0, 0.1) is 0 Å². The summed E-state index contributed by atoms with van der Waals surface area (Å²) in [6.45, 7) is 3.84. The first-order valence-electron chi connectivity index (χ1n) is 5.45. The highest BCUT2D eigenvalue weighted by Crippen LogP contribution is 2.24. The fourth-order valence-corrected chi connectivity index (χ4v) is 1.51. The van der Waals surface area contributed by atoms with E-state index in [1.165, 1.54) is 18.9 Å². The third-order valence-corrected chi connectivity index (χ3v) is 2.37. The van der Waals surface area contributed by atoms with Crippen LogP contribution in [0.1, 0.15) is 19.4 Å². The van der Waals surface area contributed by atoms with Gasteiger partial charge in [0.05, 0.1) is 13.1 Å². The largest absolute Gasteiger partial charge is 0.464 e. The highest BCUT2D eigenvalue weighted by molar-refractivity contribution is 5.73. The van der Waals surface area contributed by atoms with Crippen molar-refractivity contribution in [2.24, 2.45) is 10.3 Å². The van der Waals surface area contributed by atoms with Gasteiger partial charge in [-0.3, -0.25) is 14.3 Å². The molecule has 0 aliphatic carbocycles. The second kappa shape index (κ2) is 4.94. The standard InChI is InChI=1S/C10H13N5O3/c1-7(16)15-6-9-5-14(3-4-18-8(2)17)12-10(9)11-13-15/h5H,3-4,6H2,1-2H3. The van der Waals surface area contributed by atoms with Gasteiger partial charge in [0.15, 0.2) is 0 Å². The maximum atomic E-state index is 11.1. The fourth-order valence-electron chi connectivity index (χ4n) is 1.51. The zero-order valence-corrected chi connectivity index (χ0v) is 10.2. The Morgan fingerprint density at radius 2 is 2.22 bits per heavy atom. The molecular formula is C10H13N5O3. The lowest BCUT2D eigenvalue weighted by atomic mass is 10.3. The van der Waals surface area contributed by atoms with Crippen LogP contribution in [0.3, 0.4) is 0 Å². The molecule has 8 heteroatoms. The van der Waals surface area contributed by atoms with E-state index < -0.39 is 0 Å². The van der Waals surface area contributed by atoms with Crippen LogP contribution in [-0.2, 0) is 27.4 Å². The van der Waals surface area contributed by atoms with Crippen LogP contribution >= 0.6 is 0 Å². The zero-order valence-electron chi connectivity index (χ0n) is 10.2. The average molecular weight is 251 g/mol. The van der Waals surface area contributed by atoms with Crippen LogP contribution in [0.2, 0.25) is 0 Å². The number of esters is 1. The number of hydrogen-bond donors (Lipinski definition) is 0. The zero-order chi connectivity index (χ0) is 13.1. The van der Waals surface area contributed by atoms with Crippen molar-refractivity contribution in [3.63, 3.8) is 0 Å². The minimum absolute atomic E-state index is 0.169. The molecule has 96 valence electrons. The Morgan fingerprint density at radius 3 is 2.89 bits per heavy atom. The third kappa shape index (κ3) is 2.70. The van der Waals surface area contributed by atoms with Crippen LogP contribution < -0.4 is 0 Å². The predicted molar refractivity (Wildman–Crippen MR) is 59.6 cm³/mol. The minimum atomic E-state index is -0.325. The molecule has 0 radical (unpaired) electrons. The average Bonchev–Trinajstić information content (AvgIpc) is 2.69. The molecule has 1 aromatic rings. The molecule has 2 heterocycles. The molecule has 0 fully saturated rings. The Morgan fingerprint density at radius 1 is 1.44 bits per heavy atom. The van der Waals surface area contributed by atoms with Gasteiger partial charge in [-0.1, -0.05) is 5.22 Å². The number of hydrogen-bond acceptors (Lipinski definition) is 6. The lowest BCUT2D eigenvalue weighted by Gasteiger charge is -2.15. The third-order valence-electron chi connectivity index (χ3n) is 2.37. The van der Waals surface area contributed by atoms with Crippen LogP contribution in [0.25, 0.3) is 0 Å². The molecule has 0 saturated heterocycles. The number of nitrogens with zero attached hydrogens (tertiary/aromatic N) is 5. The van der Waals surface area contributed by atoms with Crippen molar-refractivity contribution in [2.75, 3.05) is 6.61 Å². The van der Waals surface area contributed by atoms with E-state index in [1.54, 1.807) is 10.9 Å². The van der Waals surface area contributed by atoms with Gasteiger partial charge >= 0.3 is 5.97 Å². The van der Waals surface area contributed by atoms with Gasteiger partial charge in [-0.15, -0.1) is 5.11 Å². The lowest BCUT2D eigenvalue weighted by molar-refractivity contribution is -0.141. The van der Waals surface area contributed by atoms with Gasteiger partial charge in [-0.25, -0.2) is 5.01 Å². The Balaban J connectivity index is 2.00. The summed E-state index contributed by atoms with van der Waals surface area (Å²) in [5, 5.41) is 13.0. The molecule has 0 unspecified atom stereocenters. The molecule has 0 aromatic carbocycles. The van der Waals surface area contributed by atoms with E-state index in [2.05, 4.69) is 15.4 Å². The summed E-state index contributed by atoms with van der Waals surface area (Å²) in [6.07, 6.45) is 1.77. The monoisotopic (exact) mass is 251 g/mol. The van der Waals surface area contributed by atoms with Crippen LogP contribution in [0.15, 0.2) is 16.5 Å².